The quantitative estimate of drug-likeness (QED) is 0.556. The standard InChI is InChI=1S/C16H14Cl4N2O/c1-10-6-2-3-7-11(10)14(23)22-15(16(18,19)20)21-13-9-5-4-8-12(13)17/h2-9,15,21H,1H3,(H,22,23). The third-order valence-electron chi connectivity index (χ3n) is 3.17. The van der Waals surface area contributed by atoms with Crippen molar-refractivity contribution >= 4 is 58.0 Å². The molecule has 2 rings (SSSR count). The Morgan fingerprint density at radius 3 is 2.26 bits per heavy atom. The lowest BCUT2D eigenvalue weighted by atomic mass is 10.1. The zero-order valence-corrected chi connectivity index (χ0v) is 15.1. The summed E-state index contributed by atoms with van der Waals surface area (Å²) >= 11 is 24.0. The van der Waals surface area contributed by atoms with Crippen LogP contribution in [0.4, 0.5) is 5.69 Å². The van der Waals surface area contributed by atoms with Gasteiger partial charge in [-0.1, -0.05) is 76.7 Å². The highest BCUT2D eigenvalue weighted by molar-refractivity contribution is 6.68. The fraction of sp³-hybridized carbons (Fsp3) is 0.188. The van der Waals surface area contributed by atoms with Crippen molar-refractivity contribution in [3.8, 4) is 0 Å². The maximum atomic E-state index is 12.4. The zero-order valence-electron chi connectivity index (χ0n) is 12.1. The molecule has 23 heavy (non-hydrogen) atoms. The molecule has 0 saturated heterocycles. The van der Waals surface area contributed by atoms with E-state index in [2.05, 4.69) is 10.6 Å². The summed E-state index contributed by atoms with van der Waals surface area (Å²) < 4.78 is -1.77. The number of hydrogen-bond donors (Lipinski definition) is 2. The highest BCUT2D eigenvalue weighted by Gasteiger charge is 2.34. The van der Waals surface area contributed by atoms with E-state index in [4.69, 9.17) is 46.4 Å². The Balaban J connectivity index is 2.22. The molecular formula is C16H14Cl4N2O. The molecule has 2 aromatic rings. The number of hydrogen-bond acceptors (Lipinski definition) is 2. The Labute approximate surface area is 154 Å². The van der Waals surface area contributed by atoms with Gasteiger partial charge in [-0.25, -0.2) is 0 Å². The number of halogens is 4. The summed E-state index contributed by atoms with van der Waals surface area (Å²) in [6, 6.07) is 14.1. The van der Waals surface area contributed by atoms with Crippen LogP contribution in [0.2, 0.25) is 5.02 Å². The molecule has 0 aliphatic heterocycles. The van der Waals surface area contributed by atoms with Gasteiger partial charge in [0, 0.05) is 5.56 Å². The van der Waals surface area contributed by atoms with Crippen LogP contribution >= 0.6 is 46.4 Å². The molecule has 0 aromatic heterocycles. The predicted molar refractivity (Wildman–Crippen MR) is 97.8 cm³/mol. The lowest BCUT2D eigenvalue weighted by Crippen LogP contribution is -2.49. The zero-order chi connectivity index (χ0) is 17.0. The van der Waals surface area contributed by atoms with Crippen LogP contribution in [-0.2, 0) is 0 Å². The SMILES string of the molecule is Cc1ccccc1C(=O)NC(Nc1ccccc1Cl)C(Cl)(Cl)Cl. The monoisotopic (exact) mass is 390 g/mol. The largest absolute Gasteiger partial charge is 0.361 e. The first-order valence-electron chi connectivity index (χ1n) is 6.73. The number of para-hydroxylation sites is 1. The number of amides is 1. The Bertz CT molecular complexity index is 700. The Hall–Kier alpha value is -1.13. The van der Waals surface area contributed by atoms with E-state index < -0.39 is 9.96 Å². The van der Waals surface area contributed by atoms with E-state index in [0.29, 0.717) is 16.3 Å². The van der Waals surface area contributed by atoms with Crippen LogP contribution in [0.5, 0.6) is 0 Å². The molecule has 1 unspecified atom stereocenters. The Morgan fingerprint density at radius 1 is 1.04 bits per heavy atom. The topological polar surface area (TPSA) is 41.1 Å². The van der Waals surface area contributed by atoms with Crippen molar-refractivity contribution in [2.75, 3.05) is 5.32 Å². The first kappa shape index (κ1) is 18.2. The number of carbonyl (C=O) groups excluding carboxylic acids is 1. The van der Waals surface area contributed by atoms with Crippen molar-refractivity contribution in [1.82, 2.24) is 5.32 Å². The third-order valence-corrected chi connectivity index (χ3v) is 4.15. The molecule has 0 bridgehead atoms. The molecular weight excluding hydrogens is 378 g/mol. The summed E-state index contributed by atoms with van der Waals surface area (Å²) in [6.45, 7) is 1.83. The molecule has 0 spiro atoms. The van der Waals surface area contributed by atoms with Crippen LogP contribution in [0.1, 0.15) is 15.9 Å². The van der Waals surface area contributed by atoms with Crippen molar-refractivity contribution < 1.29 is 4.79 Å². The summed E-state index contributed by atoms with van der Waals surface area (Å²) in [5.74, 6) is -0.348. The van der Waals surface area contributed by atoms with E-state index in [-0.39, 0.29) is 5.91 Å². The summed E-state index contributed by atoms with van der Waals surface area (Å²) in [6.07, 6.45) is -0.959. The second-order valence-electron chi connectivity index (χ2n) is 4.89. The number of alkyl halides is 3. The maximum absolute atomic E-state index is 12.4. The first-order valence-corrected chi connectivity index (χ1v) is 8.24. The third kappa shape index (κ3) is 4.92. The van der Waals surface area contributed by atoms with Crippen LogP contribution in [0.15, 0.2) is 48.5 Å². The predicted octanol–water partition coefficient (Wildman–Crippen LogP) is 5.19. The second-order valence-corrected chi connectivity index (χ2v) is 7.66. The number of aryl methyl sites for hydroxylation is 1. The molecule has 0 heterocycles. The molecule has 1 amide bonds. The van der Waals surface area contributed by atoms with Gasteiger partial charge in [0.25, 0.3) is 5.91 Å². The van der Waals surface area contributed by atoms with Crippen molar-refractivity contribution in [1.29, 1.82) is 0 Å². The summed E-state index contributed by atoms with van der Waals surface area (Å²) in [5, 5.41) is 6.09. The number of carbonyl (C=O) groups is 1. The van der Waals surface area contributed by atoms with E-state index >= 15 is 0 Å². The van der Waals surface area contributed by atoms with Gasteiger partial charge >= 0.3 is 0 Å². The van der Waals surface area contributed by atoms with Gasteiger partial charge in [-0.05, 0) is 30.7 Å². The lowest BCUT2D eigenvalue weighted by Gasteiger charge is -2.28. The minimum absolute atomic E-state index is 0.348. The molecule has 2 aromatic carbocycles. The molecule has 7 heteroatoms. The van der Waals surface area contributed by atoms with Gasteiger partial charge in [0.05, 0.1) is 10.7 Å². The fourth-order valence-electron chi connectivity index (χ4n) is 1.97. The average molecular weight is 392 g/mol. The summed E-state index contributed by atoms with van der Waals surface area (Å²) in [4.78, 5) is 12.4. The maximum Gasteiger partial charge on any atom is 0.253 e. The first-order chi connectivity index (χ1) is 10.8. The average Bonchev–Trinajstić information content (AvgIpc) is 2.48. The van der Waals surface area contributed by atoms with Crippen LogP contribution in [0.3, 0.4) is 0 Å². The fourth-order valence-corrected chi connectivity index (χ4v) is 2.49. The summed E-state index contributed by atoms with van der Waals surface area (Å²) in [7, 11) is 0. The molecule has 3 nitrogen and oxygen atoms in total. The van der Waals surface area contributed by atoms with Crippen molar-refractivity contribution in [3.63, 3.8) is 0 Å². The van der Waals surface area contributed by atoms with Crippen LogP contribution in [-0.4, -0.2) is 15.9 Å². The van der Waals surface area contributed by atoms with Crippen molar-refractivity contribution in [2.24, 2.45) is 0 Å². The van der Waals surface area contributed by atoms with Gasteiger partial charge in [0.1, 0.15) is 6.17 Å². The molecule has 0 saturated carbocycles. The van der Waals surface area contributed by atoms with Gasteiger partial charge in [-0.3, -0.25) is 4.79 Å². The molecule has 122 valence electrons. The smallest absolute Gasteiger partial charge is 0.253 e. The molecule has 0 fully saturated rings. The van der Waals surface area contributed by atoms with E-state index in [0.717, 1.165) is 5.56 Å². The van der Waals surface area contributed by atoms with Crippen LogP contribution in [0.25, 0.3) is 0 Å². The van der Waals surface area contributed by atoms with E-state index in [1.54, 1.807) is 36.4 Å². The van der Waals surface area contributed by atoms with E-state index in [1.165, 1.54) is 0 Å². The number of anilines is 1. The van der Waals surface area contributed by atoms with E-state index in [1.807, 2.05) is 19.1 Å². The van der Waals surface area contributed by atoms with E-state index in [9.17, 15) is 4.79 Å². The normalized spacial score (nSPS) is 12.6. The Kier molecular flexibility index (Phi) is 6.04. The number of benzene rings is 2. The Morgan fingerprint density at radius 2 is 1.65 bits per heavy atom. The highest BCUT2D eigenvalue weighted by atomic mass is 35.6. The van der Waals surface area contributed by atoms with Gasteiger partial charge in [-0.15, -0.1) is 0 Å². The van der Waals surface area contributed by atoms with Crippen LogP contribution in [0, 0.1) is 6.92 Å². The molecule has 0 aliphatic carbocycles. The van der Waals surface area contributed by atoms with Crippen LogP contribution < -0.4 is 10.6 Å². The molecule has 0 radical (unpaired) electrons. The van der Waals surface area contributed by atoms with Gasteiger partial charge in [-0.2, -0.15) is 0 Å². The molecule has 2 N–H and O–H groups in total. The van der Waals surface area contributed by atoms with Gasteiger partial charge in [0.15, 0.2) is 0 Å². The lowest BCUT2D eigenvalue weighted by molar-refractivity contribution is 0.0941. The van der Waals surface area contributed by atoms with Crippen molar-refractivity contribution in [2.45, 2.75) is 16.9 Å². The summed E-state index contributed by atoms with van der Waals surface area (Å²) in [5.41, 5.74) is 1.88. The highest BCUT2D eigenvalue weighted by Crippen LogP contribution is 2.33. The van der Waals surface area contributed by atoms with Gasteiger partial charge < -0.3 is 10.6 Å². The number of nitrogens with one attached hydrogen (secondary N) is 2. The minimum atomic E-state index is -1.77. The van der Waals surface area contributed by atoms with Crippen molar-refractivity contribution in [3.05, 3.63) is 64.7 Å². The molecule has 1 atom stereocenters. The molecule has 0 aliphatic rings. The number of rotatable bonds is 4. The van der Waals surface area contributed by atoms with Gasteiger partial charge in [0.2, 0.25) is 3.79 Å². The second kappa shape index (κ2) is 7.63. The minimum Gasteiger partial charge on any atom is -0.361 e.